The van der Waals surface area contributed by atoms with Gasteiger partial charge in [-0.25, -0.2) is 0 Å². The normalized spacial score (nSPS) is 21.2. The number of hydrogen-bond donors (Lipinski definition) is 2. The van der Waals surface area contributed by atoms with Crippen LogP contribution in [0.25, 0.3) is 0 Å². The van der Waals surface area contributed by atoms with E-state index in [4.69, 9.17) is 11.6 Å². The van der Waals surface area contributed by atoms with Gasteiger partial charge in [0.2, 0.25) is 0 Å². The number of rotatable bonds is 1. The lowest BCUT2D eigenvalue weighted by molar-refractivity contribution is 0.363. The molecule has 1 aromatic rings. The number of phenols is 1. The van der Waals surface area contributed by atoms with Gasteiger partial charge in [0, 0.05) is 16.6 Å². The number of aryl methyl sites for hydroxylation is 1. The number of aromatic hydroxyl groups is 1. The van der Waals surface area contributed by atoms with Crippen molar-refractivity contribution in [1.82, 2.24) is 5.32 Å². The molecule has 0 amide bonds. The van der Waals surface area contributed by atoms with Crippen molar-refractivity contribution in [1.29, 1.82) is 0 Å². The third-order valence-corrected chi connectivity index (χ3v) is 2.71. The quantitative estimate of drug-likeness (QED) is 0.725. The predicted molar refractivity (Wildman–Crippen MR) is 53.2 cm³/mol. The van der Waals surface area contributed by atoms with Crippen LogP contribution in [-0.2, 0) is 0 Å². The van der Waals surface area contributed by atoms with E-state index in [1.54, 1.807) is 6.07 Å². The van der Waals surface area contributed by atoms with Gasteiger partial charge in [-0.05, 0) is 37.6 Å². The summed E-state index contributed by atoms with van der Waals surface area (Å²) < 4.78 is 0. The van der Waals surface area contributed by atoms with Crippen LogP contribution in [0.3, 0.4) is 0 Å². The van der Waals surface area contributed by atoms with Crippen LogP contribution in [0.1, 0.15) is 23.6 Å². The second-order valence-corrected chi connectivity index (χ2v) is 3.89. The van der Waals surface area contributed by atoms with Crippen LogP contribution < -0.4 is 5.32 Å². The van der Waals surface area contributed by atoms with E-state index in [9.17, 15) is 5.11 Å². The molecule has 1 aliphatic rings. The molecule has 0 aliphatic carbocycles. The van der Waals surface area contributed by atoms with Gasteiger partial charge >= 0.3 is 0 Å². The zero-order valence-corrected chi connectivity index (χ0v) is 8.23. The van der Waals surface area contributed by atoms with Crippen molar-refractivity contribution >= 4 is 11.6 Å². The SMILES string of the molecule is Cc1cc(Cl)cc([C@@H]2CCN2)c1O. The van der Waals surface area contributed by atoms with Crippen LogP contribution in [0.5, 0.6) is 5.75 Å². The Labute approximate surface area is 82.5 Å². The molecule has 13 heavy (non-hydrogen) atoms. The van der Waals surface area contributed by atoms with Crippen LogP contribution in [0, 0.1) is 6.92 Å². The fourth-order valence-electron chi connectivity index (χ4n) is 1.58. The largest absolute Gasteiger partial charge is 0.507 e. The van der Waals surface area contributed by atoms with E-state index in [0.717, 1.165) is 24.1 Å². The summed E-state index contributed by atoms with van der Waals surface area (Å²) >= 11 is 5.91. The third kappa shape index (κ3) is 1.52. The van der Waals surface area contributed by atoms with Crippen LogP contribution in [0.4, 0.5) is 0 Å². The third-order valence-electron chi connectivity index (χ3n) is 2.49. The minimum Gasteiger partial charge on any atom is -0.507 e. The molecular formula is C10H12ClNO. The summed E-state index contributed by atoms with van der Waals surface area (Å²) in [5.74, 6) is 0.376. The first kappa shape index (κ1) is 8.85. The lowest BCUT2D eigenvalue weighted by atomic mass is 9.95. The van der Waals surface area contributed by atoms with Gasteiger partial charge in [0.25, 0.3) is 0 Å². The summed E-state index contributed by atoms with van der Waals surface area (Å²) in [5, 5.41) is 13.7. The van der Waals surface area contributed by atoms with Crippen molar-refractivity contribution in [2.24, 2.45) is 0 Å². The molecule has 3 heteroatoms. The molecule has 2 nitrogen and oxygen atoms in total. The van der Waals surface area contributed by atoms with Gasteiger partial charge in [0.15, 0.2) is 0 Å². The first-order valence-electron chi connectivity index (χ1n) is 4.41. The summed E-state index contributed by atoms with van der Waals surface area (Å²) in [5.41, 5.74) is 1.77. The summed E-state index contributed by atoms with van der Waals surface area (Å²) in [7, 11) is 0. The number of nitrogens with one attached hydrogen (secondary N) is 1. The molecule has 70 valence electrons. The smallest absolute Gasteiger partial charge is 0.123 e. The number of benzene rings is 1. The summed E-state index contributed by atoms with van der Waals surface area (Å²) in [6.07, 6.45) is 1.08. The fourth-order valence-corrected chi connectivity index (χ4v) is 1.86. The number of hydrogen-bond acceptors (Lipinski definition) is 2. The molecule has 1 saturated heterocycles. The van der Waals surface area contributed by atoms with Crippen LogP contribution in [0.15, 0.2) is 12.1 Å². The van der Waals surface area contributed by atoms with Gasteiger partial charge in [-0.15, -0.1) is 0 Å². The Hall–Kier alpha value is -0.730. The number of phenolic OH excluding ortho intramolecular Hbond substituents is 1. The second kappa shape index (κ2) is 3.20. The molecule has 0 radical (unpaired) electrons. The molecule has 0 saturated carbocycles. The minimum absolute atomic E-state index is 0.289. The van der Waals surface area contributed by atoms with Crippen molar-refractivity contribution < 1.29 is 5.11 Å². The van der Waals surface area contributed by atoms with Gasteiger partial charge in [0.05, 0.1) is 0 Å². The summed E-state index contributed by atoms with van der Waals surface area (Å²) in [6.45, 7) is 2.89. The Bertz CT molecular complexity index is 334. The molecule has 1 aromatic carbocycles. The van der Waals surface area contributed by atoms with Crippen molar-refractivity contribution in [3.8, 4) is 5.75 Å². The molecule has 0 unspecified atom stereocenters. The van der Waals surface area contributed by atoms with Gasteiger partial charge in [-0.1, -0.05) is 11.6 Å². The minimum atomic E-state index is 0.289. The zero-order valence-electron chi connectivity index (χ0n) is 7.47. The molecule has 2 N–H and O–H groups in total. The first-order valence-corrected chi connectivity index (χ1v) is 4.78. The monoisotopic (exact) mass is 197 g/mol. The lowest BCUT2D eigenvalue weighted by Gasteiger charge is -2.29. The van der Waals surface area contributed by atoms with E-state index in [-0.39, 0.29) is 6.04 Å². The van der Waals surface area contributed by atoms with Crippen LogP contribution >= 0.6 is 11.6 Å². The zero-order chi connectivity index (χ0) is 9.42. The highest BCUT2D eigenvalue weighted by atomic mass is 35.5. The highest BCUT2D eigenvalue weighted by Crippen LogP contribution is 2.34. The maximum atomic E-state index is 9.76. The van der Waals surface area contributed by atoms with Crippen LogP contribution in [-0.4, -0.2) is 11.7 Å². The molecule has 2 rings (SSSR count). The Kier molecular flexibility index (Phi) is 2.18. The van der Waals surface area contributed by atoms with E-state index < -0.39 is 0 Å². The standard InChI is InChI=1S/C10H12ClNO/c1-6-4-7(11)5-8(10(6)13)9-2-3-12-9/h4-5,9,12-13H,2-3H2,1H3/t9-/m0/s1. The van der Waals surface area contributed by atoms with Crippen molar-refractivity contribution in [3.05, 3.63) is 28.3 Å². The van der Waals surface area contributed by atoms with Crippen molar-refractivity contribution in [2.45, 2.75) is 19.4 Å². The maximum Gasteiger partial charge on any atom is 0.123 e. The van der Waals surface area contributed by atoms with E-state index in [1.807, 2.05) is 13.0 Å². The molecule has 1 heterocycles. The second-order valence-electron chi connectivity index (χ2n) is 3.46. The Balaban J connectivity index is 2.42. The van der Waals surface area contributed by atoms with Gasteiger partial charge in [0.1, 0.15) is 5.75 Å². The fraction of sp³-hybridized carbons (Fsp3) is 0.400. The highest BCUT2D eigenvalue weighted by Gasteiger charge is 2.22. The molecule has 1 aliphatic heterocycles. The predicted octanol–water partition coefficient (Wildman–Crippen LogP) is 2.39. The van der Waals surface area contributed by atoms with E-state index in [2.05, 4.69) is 5.32 Å². The average molecular weight is 198 g/mol. The van der Waals surface area contributed by atoms with Crippen LogP contribution in [0.2, 0.25) is 5.02 Å². The molecule has 0 spiro atoms. The van der Waals surface area contributed by atoms with Crippen molar-refractivity contribution in [2.75, 3.05) is 6.54 Å². The summed E-state index contributed by atoms with van der Waals surface area (Å²) in [6, 6.07) is 3.90. The molecule has 1 atom stereocenters. The van der Waals surface area contributed by atoms with E-state index in [1.165, 1.54) is 0 Å². The van der Waals surface area contributed by atoms with E-state index in [0.29, 0.717) is 10.8 Å². The molecule has 0 aromatic heterocycles. The molecule has 0 bridgehead atoms. The average Bonchev–Trinajstić information content (AvgIpc) is 1.95. The van der Waals surface area contributed by atoms with Crippen molar-refractivity contribution in [3.63, 3.8) is 0 Å². The van der Waals surface area contributed by atoms with Gasteiger partial charge < -0.3 is 10.4 Å². The molecular weight excluding hydrogens is 186 g/mol. The maximum absolute atomic E-state index is 9.76. The Morgan fingerprint density at radius 1 is 1.54 bits per heavy atom. The Morgan fingerprint density at radius 2 is 2.23 bits per heavy atom. The first-order chi connectivity index (χ1) is 6.18. The van der Waals surface area contributed by atoms with Gasteiger partial charge in [-0.2, -0.15) is 0 Å². The Morgan fingerprint density at radius 3 is 2.77 bits per heavy atom. The number of halogens is 1. The molecule has 1 fully saturated rings. The summed E-state index contributed by atoms with van der Waals surface area (Å²) in [4.78, 5) is 0. The lowest BCUT2D eigenvalue weighted by Crippen LogP contribution is -2.35. The highest BCUT2D eigenvalue weighted by molar-refractivity contribution is 6.30. The van der Waals surface area contributed by atoms with E-state index >= 15 is 0 Å². The topological polar surface area (TPSA) is 32.3 Å². The van der Waals surface area contributed by atoms with Gasteiger partial charge in [-0.3, -0.25) is 0 Å².